The zero-order valence-corrected chi connectivity index (χ0v) is 10.6. The van der Waals surface area contributed by atoms with Crippen molar-refractivity contribution in [2.24, 2.45) is 5.73 Å². The van der Waals surface area contributed by atoms with Gasteiger partial charge in [0.25, 0.3) is 0 Å². The molecule has 1 heterocycles. The van der Waals surface area contributed by atoms with Crippen LogP contribution >= 0.6 is 22.9 Å². The maximum Gasteiger partial charge on any atom is 0.125 e. The number of rotatable bonds is 3. The van der Waals surface area contributed by atoms with E-state index in [1.807, 2.05) is 37.4 Å². The van der Waals surface area contributed by atoms with Crippen LogP contribution < -0.4 is 5.73 Å². The summed E-state index contributed by atoms with van der Waals surface area (Å²) in [4.78, 5) is 5.58. The lowest BCUT2D eigenvalue weighted by Gasteiger charge is -2.00. The first-order valence-electron chi connectivity index (χ1n) is 5.12. The largest absolute Gasteiger partial charge is 0.328 e. The molecule has 2 aromatic rings. The van der Waals surface area contributed by atoms with E-state index in [1.165, 1.54) is 4.88 Å². The maximum atomic E-state index is 6.12. The quantitative estimate of drug-likeness (QED) is 0.910. The fourth-order valence-corrected chi connectivity index (χ4v) is 2.85. The fraction of sp³-hybridized carbons (Fsp3) is 0.250. The average Bonchev–Trinajstić information content (AvgIpc) is 2.66. The van der Waals surface area contributed by atoms with Gasteiger partial charge in [-0.15, -0.1) is 11.3 Å². The zero-order valence-electron chi connectivity index (χ0n) is 8.98. The predicted molar refractivity (Wildman–Crippen MR) is 69.9 cm³/mol. The number of nitrogens with zero attached hydrogens (tertiary/aromatic N) is 1. The molecule has 1 aromatic carbocycles. The Morgan fingerprint density at radius 2 is 2.19 bits per heavy atom. The Morgan fingerprint density at radius 3 is 2.88 bits per heavy atom. The molecule has 0 fully saturated rings. The highest BCUT2D eigenvalue weighted by Crippen LogP contribution is 2.31. The van der Waals surface area contributed by atoms with Crippen molar-refractivity contribution < 1.29 is 0 Å². The van der Waals surface area contributed by atoms with E-state index in [0.717, 1.165) is 22.0 Å². The Bertz CT molecular complexity index is 479. The number of nitrogens with two attached hydrogens (primary N) is 1. The molecule has 0 aliphatic heterocycles. The summed E-state index contributed by atoms with van der Waals surface area (Å²) in [6.45, 7) is 1.99. The first-order chi connectivity index (χ1) is 7.66. The summed E-state index contributed by atoms with van der Waals surface area (Å²) in [7, 11) is 0. The predicted octanol–water partition coefficient (Wildman–Crippen LogP) is 3.35. The van der Waals surface area contributed by atoms with Crippen molar-refractivity contribution in [3.63, 3.8) is 0 Å². The number of benzene rings is 1. The van der Waals surface area contributed by atoms with E-state index in [-0.39, 0.29) is 6.04 Å². The number of thiazole rings is 1. The zero-order chi connectivity index (χ0) is 11.5. The normalized spacial score (nSPS) is 12.7. The Morgan fingerprint density at radius 1 is 1.44 bits per heavy atom. The topological polar surface area (TPSA) is 38.9 Å². The van der Waals surface area contributed by atoms with E-state index in [9.17, 15) is 0 Å². The first-order valence-corrected chi connectivity index (χ1v) is 6.31. The van der Waals surface area contributed by atoms with Crippen LogP contribution in [0.5, 0.6) is 0 Å². The SMILES string of the molecule is CC(N)Cc1cnc(-c2ccccc2Cl)s1. The highest BCUT2D eigenvalue weighted by Gasteiger charge is 2.08. The van der Waals surface area contributed by atoms with Crippen molar-refractivity contribution in [3.8, 4) is 10.6 Å². The van der Waals surface area contributed by atoms with Crippen molar-refractivity contribution >= 4 is 22.9 Å². The minimum Gasteiger partial charge on any atom is -0.328 e. The van der Waals surface area contributed by atoms with Gasteiger partial charge in [0, 0.05) is 22.7 Å². The van der Waals surface area contributed by atoms with Crippen LogP contribution in [0.25, 0.3) is 10.6 Å². The Hall–Kier alpha value is -0.900. The molecule has 2 rings (SSSR count). The van der Waals surface area contributed by atoms with E-state index in [1.54, 1.807) is 11.3 Å². The molecule has 1 aromatic heterocycles. The van der Waals surface area contributed by atoms with Gasteiger partial charge in [0.15, 0.2) is 0 Å². The molecule has 2 nitrogen and oxygen atoms in total. The first kappa shape index (κ1) is 11.6. The second kappa shape index (κ2) is 4.95. The van der Waals surface area contributed by atoms with E-state index in [2.05, 4.69) is 4.98 Å². The molecular weight excluding hydrogens is 240 g/mol. The molecule has 0 bridgehead atoms. The van der Waals surface area contributed by atoms with E-state index < -0.39 is 0 Å². The fourth-order valence-electron chi connectivity index (χ4n) is 1.48. The Kier molecular flexibility index (Phi) is 3.59. The van der Waals surface area contributed by atoms with Crippen molar-refractivity contribution in [1.29, 1.82) is 0 Å². The molecule has 1 unspecified atom stereocenters. The van der Waals surface area contributed by atoms with Crippen molar-refractivity contribution in [3.05, 3.63) is 40.4 Å². The molecule has 0 spiro atoms. The number of hydrogen-bond donors (Lipinski definition) is 1. The van der Waals surface area contributed by atoms with Crippen molar-refractivity contribution in [2.45, 2.75) is 19.4 Å². The van der Waals surface area contributed by atoms with Gasteiger partial charge in [-0.05, 0) is 19.4 Å². The van der Waals surface area contributed by atoms with Gasteiger partial charge in [-0.1, -0.05) is 29.8 Å². The van der Waals surface area contributed by atoms with E-state index in [4.69, 9.17) is 17.3 Å². The lowest BCUT2D eigenvalue weighted by Crippen LogP contribution is -2.16. The molecule has 0 aliphatic rings. The molecule has 0 amide bonds. The van der Waals surface area contributed by atoms with Crippen LogP contribution in [-0.2, 0) is 6.42 Å². The summed E-state index contributed by atoms with van der Waals surface area (Å²) in [5, 5.41) is 1.70. The van der Waals surface area contributed by atoms with Gasteiger partial charge < -0.3 is 5.73 Å². The lowest BCUT2D eigenvalue weighted by molar-refractivity contribution is 0.745. The third-order valence-electron chi connectivity index (χ3n) is 2.18. The molecule has 0 aliphatic carbocycles. The molecule has 0 saturated heterocycles. The number of halogens is 1. The van der Waals surface area contributed by atoms with Gasteiger partial charge in [-0.3, -0.25) is 0 Å². The molecule has 0 saturated carbocycles. The maximum absolute atomic E-state index is 6.12. The van der Waals surface area contributed by atoms with Crippen LogP contribution in [0.3, 0.4) is 0 Å². The summed E-state index contributed by atoms with van der Waals surface area (Å²) in [5.41, 5.74) is 6.75. The van der Waals surface area contributed by atoms with Gasteiger partial charge in [0.05, 0.1) is 5.02 Å². The second-order valence-electron chi connectivity index (χ2n) is 3.79. The molecule has 84 valence electrons. The molecular formula is C12H13ClN2S. The number of hydrogen-bond acceptors (Lipinski definition) is 3. The third kappa shape index (κ3) is 2.61. The summed E-state index contributed by atoms with van der Waals surface area (Å²) in [6.07, 6.45) is 2.74. The Labute approximate surface area is 104 Å². The molecule has 1 atom stereocenters. The summed E-state index contributed by atoms with van der Waals surface area (Å²) >= 11 is 7.77. The standard InChI is InChI=1S/C12H13ClN2S/c1-8(14)6-9-7-15-12(16-9)10-4-2-3-5-11(10)13/h2-5,7-8H,6,14H2,1H3. The lowest BCUT2D eigenvalue weighted by atomic mass is 10.2. The van der Waals surface area contributed by atoms with Crippen LogP contribution in [0, 0.1) is 0 Å². The van der Waals surface area contributed by atoms with Gasteiger partial charge in [-0.2, -0.15) is 0 Å². The van der Waals surface area contributed by atoms with E-state index >= 15 is 0 Å². The molecule has 2 N–H and O–H groups in total. The van der Waals surface area contributed by atoms with Gasteiger partial charge in [-0.25, -0.2) is 4.98 Å². The minimum absolute atomic E-state index is 0.166. The van der Waals surface area contributed by atoms with Crippen LogP contribution in [-0.4, -0.2) is 11.0 Å². The third-order valence-corrected chi connectivity index (χ3v) is 3.56. The average molecular weight is 253 g/mol. The highest BCUT2D eigenvalue weighted by molar-refractivity contribution is 7.15. The summed E-state index contributed by atoms with van der Waals surface area (Å²) < 4.78 is 0. The van der Waals surface area contributed by atoms with Gasteiger partial charge >= 0.3 is 0 Å². The highest BCUT2D eigenvalue weighted by atomic mass is 35.5. The van der Waals surface area contributed by atoms with Crippen LogP contribution in [0.4, 0.5) is 0 Å². The second-order valence-corrected chi connectivity index (χ2v) is 5.32. The summed E-state index contributed by atoms with van der Waals surface area (Å²) in [6, 6.07) is 7.91. The molecule has 0 radical (unpaired) electrons. The van der Waals surface area contributed by atoms with Crippen LogP contribution in [0.1, 0.15) is 11.8 Å². The van der Waals surface area contributed by atoms with Crippen molar-refractivity contribution in [1.82, 2.24) is 4.98 Å². The van der Waals surface area contributed by atoms with E-state index in [0.29, 0.717) is 0 Å². The molecule has 16 heavy (non-hydrogen) atoms. The Balaban J connectivity index is 2.28. The van der Waals surface area contributed by atoms with Gasteiger partial charge in [0.2, 0.25) is 0 Å². The number of aromatic nitrogens is 1. The summed E-state index contributed by atoms with van der Waals surface area (Å²) in [5.74, 6) is 0. The monoisotopic (exact) mass is 252 g/mol. The van der Waals surface area contributed by atoms with Crippen molar-refractivity contribution in [2.75, 3.05) is 0 Å². The van der Waals surface area contributed by atoms with Gasteiger partial charge in [0.1, 0.15) is 5.01 Å². The van der Waals surface area contributed by atoms with Crippen LogP contribution in [0.2, 0.25) is 5.02 Å². The minimum atomic E-state index is 0.166. The smallest absolute Gasteiger partial charge is 0.125 e. The molecule has 4 heteroatoms. The van der Waals surface area contributed by atoms with Crippen LogP contribution in [0.15, 0.2) is 30.5 Å².